The number of halogens is 3. The molecule has 0 aliphatic rings. The summed E-state index contributed by atoms with van der Waals surface area (Å²) in [5, 5.41) is 10.9. The minimum atomic E-state index is -0.629. The zero-order chi connectivity index (χ0) is 14.0. The molecule has 0 N–H and O–H groups in total. The van der Waals surface area contributed by atoms with E-state index in [1.807, 2.05) is 0 Å². The first-order chi connectivity index (χ1) is 8.99. The number of hydrogen-bond donors (Lipinski definition) is 0. The van der Waals surface area contributed by atoms with E-state index in [4.69, 9.17) is 16.3 Å². The Bertz CT molecular complexity index is 651. The normalized spacial score (nSPS) is 10.3. The SMILES string of the molecule is O=[N+]([O-])c1c(Cl)cccc1Oc1ccc(F)c(Br)c1. The average molecular weight is 347 g/mol. The third-order valence-corrected chi connectivity index (χ3v) is 3.16. The fourth-order valence-corrected chi connectivity index (χ4v) is 2.02. The molecule has 0 unspecified atom stereocenters. The lowest BCUT2D eigenvalue weighted by atomic mass is 10.3. The minimum absolute atomic E-state index is 0.00370. The smallest absolute Gasteiger partial charge is 0.329 e. The van der Waals surface area contributed by atoms with Gasteiger partial charge < -0.3 is 4.74 Å². The summed E-state index contributed by atoms with van der Waals surface area (Å²) in [4.78, 5) is 10.3. The van der Waals surface area contributed by atoms with Crippen molar-refractivity contribution in [1.82, 2.24) is 0 Å². The van der Waals surface area contributed by atoms with Gasteiger partial charge in [-0.15, -0.1) is 0 Å². The molecule has 0 bridgehead atoms. The van der Waals surface area contributed by atoms with Crippen LogP contribution in [-0.4, -0.2) is 4.92 Å². The number of rotatable bonds is 3. The van der Waals surface area contributed by atoms with Gasteiger partial charge in [0.15, 0.2) is 0 Å². The number of hydrogen-bond acceptors (Lipinski definition) is 3. The van der Waals surface area contributed by atoms with Gasteiger partial charge in [0.05, 0.1) is 9.40 Å². The van der Waals surface area contributed by atoms with Crippen molar-refractivity contribution in [1.29, 1.82) is 0 Å². The van der Waals surface area contributed by atoms with E-state index in [0.29, 0.717) is 0 Å². The second-order valence-corrected chi connectivity index (χ2v) is 4.78. The molecule has 0 aliphatic carbocycles. The quantitative estimate of drug-likeness (QED) is 0.584. The van der Waals surface area contributed by atoms with Gasteiger partial charge in [-0.1, -0.05) is 17.7 Å². The predicted molar refractivity (Wildman–Crippen MR) is 72.3 cm³/mol. The monoisotopic (exact) mass is 345 g/mol. The highest BCUT2D eigenvalue weighted by Gasteiger charge is 2.20. The highest BCUT2D eigenvalue weighted by molar-refractivity contribution is 9.10. The topological polar surface area (TPSA) is 52.4 Å². The molecule has 0 amide bonds. The Morgan fingerprint density at radius 2 is 2.05 bits per heavy atom. The number of benzene rings is 2. The number of para-hydroxylation sites is 1. The maximum atomic E-state index is 13.1. The lowest BCUT2D eigenvalue weighted by Gasteiger charge is -2.07. The largest absolute Gasteiger partial charge is 0.450 e. The lowest BCUT2D eigenvalue weighted by molar-refractivity contribution is -0.385. The van der Waals surface area contributed by atoms with Crippen molar-refractivity contribution in [3.05, 3.63) is 61.8 Å². The number of ether oxygens (including phenoxy) is 1. The fraction of sp³-hybridized carbons (Fsp3) is 0. The molecule has 0 aliphatic heterocycles. The van der Waals surface area contributed by atoms with E-state index in [-0.39, 0.29) is 26.7 Å². The third kappa shape index (κ3) is 3.02. The number of nitro benzene ring substituents is 1. The van der Waals surface area contributed by atoms with E-state index in [2.05, 4.69) is 15.9 Å². The molecule has 0 radical (unpaired) electrons. The van der Waals surface area contributed by atoms with Gasteiger partial charge in [-0.2, -0.15) is 0 Å². The van der Waals surface area contributed by atoms with Crippen molar-refractivity contribution in [2.75, 3.05) is 0 Å². The summed E-state index contributed by atoms with van der Waals surface area (Å²) in [5.41, 5.74) is -0.329. The first kappa shape index (κ1) is 13.8. The molecule has 0 spiro atoms. The van der Waals surface area contributed by atoms with Gasteiger partial charge in [0, 0.05) is 0 Å². The molecule has 0 saturated heterocycles. The molecule has 0 heterocycles. The molecule has 0 saturated carbocycles. The second kappa shape index (κ2) is 5.54. The summed E-state index contributed by atoms with van der Waals surface area (Å²) >= 11 is 8.76. The van der Waals surface area contributed by atoms with E-state index in [1.54, 1.807) is 0 Å². The summed E-state index contributed by atoms with van der Waals surface area (Å²) in [5.74, 6) is -0.192. The Labute approximate surface area is 121 Å². The molecule has 19 heavy (non-hydrogen) atoms. The van der Waals surface area contributed by atoms with Crippen molar-refractivity contribution in [3.63, 3.8) is 0 Å². The van der Waals surface area contributed by atoms with Crippen LogP contribution in [0.4, 0.5) is 10.1 Å². The maximum absolute atomic E-state index is 13.1. The molecule has 2 rings (SSSR count). The van der Waals surface area contributed by atoms with Gasteiger partial charge in [0.25, 0.3) is 0 Å². The molecule has 2 aromatic rings. The van der Waals surface area contributed by atoms with Gasteiger partial charge in [-0.3, -0.25) is 10.1 Å². The zero-order valence-electron chi connectivity index (χ0n) is 9.27. The molecule has 98 valence electrons. The van der Waals surface area contributed by atoms with Crippen LogP contribution in [0.25, 0.3) is 0 Å². The average Bonchev–Trinajstić information content (AvgIpc) is 2.33. The molecule has 7 heteroatoms. The van der Waals surface area contributed by atoms with Crippen LogP contribution in [0.2, 0.25) is 5.02 Å². The van der Waals surface area contributed by atoms with E-state index in [0.717, 1.165) is 0 Å². The van der Waals surface area contributed by atoms with E-state index >= 15 is 0 Å². The fourth-order valence-electron chi connectivity index (χ4n) is 1.42. The van der Waals surface area contributed by atoms with Crippen molar-refractivity contribution in [2.24, 2.45) is 0 Å². The standard InChI is InChI=1S/C12H6BrClFNO3/c13-8-6-7(4-5-10(8)15)19-11-3-1-2-9(14)12(11)16(17)18/h1-6H. The highest BCUT2D eigenvalue weighted by atomic mass is 79.9. The Hall–Kier alpha value is -1.66. The number of nitrogens with zero attached hydrogens (tertiary/aromatic N) is 1. The molecular formula is C12H6BrClFNO3. The molecular weight excluding hydrogens is 340 g/mol. The minimum Gasteiger partial charge on any atom is -0.450 e. The first-order valence-electron chi connectivity index (χ1n) is 5.05. The second-order valence-electron chi connectivity index (χ2n) is 3.52. The third-order valence-electron chi connectivity index (χ3n) is 2.25. The van der Waals surface area contributed by atoms with Crippen LogP contribution in [0.5, 0.6) is 11.5 Å². The first-order valence-corrected chi connectivity index (χ1v) is 6.22. The Kier molecular flexibility index (Phi) is 4.01. The van der Waals surface area contributed by atoms with Gasteiger partial charge >= 0.3 is 5.69 Å². The predicted octanol–water partition coefficient (Wildman–Crippen LogP) is 4.94. The van der Waals surface area contributed by atoms with Crippen molar-refractivity contribution in [3.8, 4) is 11.5 Å². The number of nitro groups is 1. The van der Waals surface area contributed by atoms with E-state index in [9.17, 15) is 14.5 Å². The summed E-state index contributed by atoms with van der Waals surface area (Å²) in [6.07, 6.45) is 0. The Morgan fingerprint density at radius 3 is 2.68 bits per heavy atom. The lowest BCUT2D eigenvalue weighted by Crippen LogP contribution is -1.94. The van der Waals surface area contributed by atoms with Crippen LogP contribution in [0.15, 0.2) is 40.9 Å². The Morgan fingerprint density at radius 1 is 1.32 bits per heavy atom. The van der Waals surface area contributed by atoms with Crippen molar-refractivity contribution in [2.45, 2.75) is 0 Å². The summed E-state index contributed by atoms with van der Waals surface area (Å²) < 4.78 is 18.6. The molecule has 0 atom stereocenters. The Balaban J connectivity index is 2.40. The van der Waals surface area contributed by atoms with E-state index in [1.165, 1.54) is 36.4 Å². The summed E-state index contributed by atoms with van der Waals surface area (Å²) in [6, 6.07) is 8.28. The molecule has 0 aromatic heterocycles. The van der Waals surface area contributed by atoms with Crippen LogP contribution in [0, 0.1) is 15.9 Å². The van der Waals surface area contributed by atoms with E-state index < -0.39 is 10.7 Å². The summed E-state index contributed by atoms with van der Waals surface area (Å²) in [7, 11) is 0. The van der Waals surface area contributed by atoms with Gasteiger partial charge in [-0.25, -0.2) is 4.39 Å². The van der Waals surface area contributed by atoms with Gasteiger partial charge in [0.1, 0.15) is 16.6 Å². The van der Waals surface area contributed by atoms with Crippen LogP contribution < -0.4 is 4.74 Å². The van der Waals surface area contributed by atoms with Crippen LogP contribution in [0.1, 0.15) is 0 Å². The maximum Gasteiger partial charge on any atom is 0.329 e. The van der Waals surface area contributed by atoms with Crippen molar-refractivity contribution < 1.29 is 14.1 Å². The van der Waals surface area contributed by atoms with Gasteiger partial charge in [-0.05, 0) is 46.3 Å². The van der Waals surface area contributed by atoms with Crippen LogP contribution in [-0.2, 0) is 0 Å². The molecule has 0 fully saturated rings. The summed E-state index contributed by atoms with van der Waals surface area (Å²) in [6.45, 7) is 0. The molecule has 2 aromatic carbocycles. The molecule has 4 nitrogen and oxygen atoms in total. The van der Waals surface area contributed by atoms with Crippen LogP contribution >= 0.6 is 27.5 Å². The zero-order valence-corrected chi connectivity index (χ0v) is 11.6. The van der Waals surface area contributed by atoms with Gasteiger partial charge in [0.2, 0.25) is 5.75 Å². The van der Waals surface area contributed by atoms with Crippen LogP contribution in [0.3, 0.4) is 0 Å². The van der Waals surface area contributed by atoms with Crippen molar-refractivity contribution >= 4 is 33.2 Å². The highest BCUT2D eigenvalue weighted by Crippen LogP contribution is 2.37.